The van der Waals surface area contributed by atoms with Gasteiger partial charge in [0.25, 0.3) is 0 Å². The van der Waals surface area contributed by atoms with Crippen LogP contribution >= 0.6 is 12.2 Å². The molecule has 0 fully saturated rings. The summed E-state index contributed by atoms with van der Waals surface area (Å²) in [6.45, 7) is 6.30. The molecular formula is C22H29N3O2S. The minimum absolute atomic E-state index is 0.0848. The van der Waals surface area contributed by atoms with Crippen LogP contribution in [0.5, 0.6) is 5.75 Å². The first kappa shape index (κ1) is 21.7. The Morgan fingerprint density at radius 2 is 1.82 bits per heavy atom. The molecule has 6 heteroatoms. The molecule has 0 aliphatic heterocycles. The highest BCUT2D eigenvalue weighted by molar-refractivity contribution is 7.80. The zero-order valence-corrected chi connectivity index (χ0v) is 17.8. The SMILES string of the molecule is CCC(CC)Oc1cc(N(Cc2ccccc2)C(=S)NC)ccc1NC(C)=O. The normalized spacial score (nSPS) is 10.5. The van der Waals surface area contributed by atoms with E-state index in [-0.39, 0.29) is 12.0 Å². The Morgan fingerprint density at radius 3 is 2.39 bits per heavy atom. The number of benzene rings is 2. The van der Waals surface area contributed by atoms with E-state index in [9.17, 15) is 4.79 Å². The predicted octanol–water partition coefficient (Wildman–Crippen LogP) is 4.72. The molecule has 0 aliphatic carbocycles. The van der Waals surface area contributed by atoms with Crippen molar-refractivity contribution in [1.29, 1.82) is 0 Å². The van der Waals surface area contributed by atoms with Crippen molar-refractivity contribution >= 4 is 34.6 Å². The van der Waals surface area contributed by atoms with Crippen molar-refractivity contribution in [3.63, 3.8) is 0 Å². The topological polar surface area (TPSA) is 53.6 Å². The molecule has 0 spiro atoms. The number of hydrogen-bond donors (Lipinski definition) is 2. The quantitative estimate of drug-likeness (QED) is 0.629. The minimum atomic E-state index is -0.131. The number of carbonyl (C=O) groups is 1. The van der Waals surface area contributed by atoms with Crippen LogP contribution in [0.2, 0.25) is 0 Å². The highest BCUT2D eigenvalue weighted by Crippen LogP contribution is 2.32. The monoisotopic (exact) mass is 399 g/mol. The van der Waals surface area contributed by atoms with Crippen LogP contribution in [0.25, 0.3) is 0 Å². The van der Waals surface area contributed by atoms with Crippen LogP contribution in [0, 0.1) is 0 Å². The van der Waals surface area contributed by atoms with Crippen molar-refractivity contribution in [1.82, 2.24) is 5.32 Å². The van der Waals surface area contributed by atoms with Crippen LogP contribution in [-0.4, -0.2) is 24.2 Å². The molecule has 0 bridgehead atoms. The molecule has 2 rings (SSSR count). The van der Waals surface area contributed by atoms with Crippen molar-refractivity contribution in [2.24, 2.45) is 0 Å². The molecule has 2 aromatic rings. The zero-order valence-electron chi connectivity index (χ0n) is 17.0. The smallest absolute Gasteiger partial charge is 0.221 e. The summed E-state index contributed by atoms with van der Waals surface area (Å²) in [6.07, 6.45) is 1.87. The maximum absolute atomic E-state index is 11.6. The summed E-state index contributed by atoms with van der Waals surface area (Å²) in [4.78, 5) is 13.6. The first-order chi connectivity index (χ1) is 13.5. The Bertz CT molecular complexity index is 792. The fourth-order valence-corrected chi connectivity index (χ4v) is 3.06. The molecule has 0 saturated carbocycles. The minimum Gasteiger partial charge on any atom is -0.488 e. The second-order valence-corrected chi connectivity index (χ2v) is 6.93. The first-order valence-corrected chi connectivity index (χ1v) is 10.0. The average Bonchev–Trinajstić information content (AvgIpc) is 2.71. The van der Waals surface area contributed by atoms with Crippen LogP contribution in [0.15, 0.2) is 48.5 Å². The molecule has 0 aliphatic rings. The fourth-order valence-electron chi connectivity index (χ4n) is 2.89. The summed E-state index contributed by atoms with van der Waals surface area (Å²) in [5.74, 6) is 0.521. The van der Waals surface area contributed by atoms with Crippen LogP contribution in [-0.2, 0) is 11.3 Å². The van der Waals surface area contributed by atoms with E-state index in [1.54, 1.807) is 0 Å². The van der Waals surface area contributed by atoms with Crippen molar-refractivity contribution in [2.75, 3.05) is 17.3 Å². The molecule has 0 unspecified atom stereocenters. The van der Waals surface area contributed by atoms with Gasteiger partial charge in [0, 0.05) is 25.7 Å². The Hall–Kier alpha value is -2.60. The Balaban J connectivity index is 2.41. The van der Waals surface area contributed by atoms with E-state index in [2.05, 4.69) is 36.6 Å². The lowest BCUT2D eigenvalue weighted by Gasteiger charge is -2.27. The first-order valence-electron chi connectivity index (χ1n) is 9.59. The van der Waals surface area contributed by atoms with Gasteiger partial charge in [0.2, 0.25) is 5.91 Å². The Labute approximate surface area is 173 Å². The number of nitrogens with one attached hydrogen (secondary N) is 2. The van der Waals surface area contributed by atoms with Crippen LogP contribution in [0.4, 0.5) is 11.4 Å². The van der Waals surface area contributed by atoms with Crippen molar-refractivity contribution in [2.45, 2.75) is 46.3 Å². The summed E-state index contributed by atoms with van der Waals surface area (Å²) in [5, 5.41) is 6.53. The molecule has 0 radical (unpaired) electrons. The molecule has 0 aromatic heterocycles. The van der Waals surface area contributed by atoms with Gasteiger partial charge in [-0.25, -0.2) is 0 Å². The molecule has 2 aromatic carbocycles. The molecule has 0 atom stereocenters. The second-order valence-electron chi connectivity index (χ2n) is 6.54. The zero-order chi connectivity index (χ0) is 20.5. The number of thiocarbonyl (C=S) groups is 1. The van der Waals surface area contributed by atoms with Crippen molar-refractivity contribution in [3.8, 4) is 5.75 Å². The third-order valence-corrected chi connectivity index (χ3v) is 4.86. The maximum atomic E-state index is 11.6. The number of ether oxygens (including phenoxy) is 1. The van der Waals surface area contributed by atoms with Crippen molar-refractivity contribution in [3.05, 3.63) is 54.1 Å². The molecule has 5 nitrogen and oxygen atoms in total. The number of nitrogens with zero attached hydrogens (tertiary/aromatic N) is 1. The largest absolute Gasteiger partial charge is 0.488 e. The third-order valence-electron chi connectivity index (χ3n) is 4.43. The molecule has 0 saturated heterocycles. The number of hydrogen-bond acceptors (Lipinski definition) is 3. The number of rotatable bonds is 8. The second kappa shape index (κ2) is 10.7. The standard InChI is InChI=1S/C22H29N3O2S/c1-5-19(6-2)27-21-14-18(12-13-20(21)24-16(3)26)25(22(28)23-4)15-17-10-8-7-9-11-17/h7-14,19H,5-6,15H2,1-4H3,(H,23,28)(H,24,26). The van der Waals surface area contributed by atoms with Gasteiger partial charge >= 0.3 is 0 Å². The van der Waals surface area contributed by atoms with E-state index >= 15 is 0 Å². The highest BCUT2D eigenvalue weighted by Gasteiger charge is 2.17. The van der Waals surface area contributed by atoms with Gasteiger partial charge in [-0.05, 0) is 42.8 Å². The van der Waals surface area contributed by atoms with Gasteiger partial charge in [0.1, 0.15) is 5.75 Å². The summed E-state index contributed by atoms with van der Waals surface area (Å²) in [6, 6.07) is 15.9. The van der Waals surface area contributed by atoms with Gasteiger partial charge < -0.3 is 20.3 Å². The third kappa shape index (κ3) is 5.96. The molecule has 1 amide bonds. The Morgan fingerprint density at radius 1 is 1.14 bits per heavy atom. The summed E-state index contributed by atoms with van der Waals surface area (Å²) in [5.41, 5.74) is 2.71. The van der Waals surface area contributed by atoms with Gasteiger partial charge in [0.05, 0.1) is 18.3 Å². The molecular weight excluding hydrogens is 370 g/mol. The van der Waals surface area contributed by atoms with E-state index in [1.165, 1.54) is 6.92 Å². The predicted molar refractivity (Wildman–Crippen MR) is 120 cm³/mol. The van der Waals surface area contributed by atoms with Gasteiger partial charge in [-0.15, -0.1) is 0 Å². The molecule has 0 heterocycles. The van der Waals surface area contributed by atoms with Gasteiger partial charge in [-0.3, -0.25) is 4.79 Å². The van der Waals surface area contributed by atoms with E-state index in [0.717, 1.165) is 24.1 Å². The van der Waals surface area contributed by atoms with Crippen LogP contribution in [0.1, 0.15) is 39.2 Å². The number of amides is 1. The van der Waals surface area contributed by atoms with Crippen molar-refractivity contribution < 1.29 is 9.53 Å². The van der Waals surface area contributed by atoms with E-state index < -0.39 is 0 Å². The lowest BCUT2D eigenvalue weighted by Crippen LogP contribution is -2.37. The van der Waals surface area contributed by atoms with E-state index in [0.29, 0.717) is 23.1 Å². The molecule has 28 heavy (non-hydrogen) atoms. The van der Waals surface area contributed by atoms with Crippen LogP contribution in [0.3, 0.4) is 0 Å². The molecule has 150 valence electrons. The lowest BCUT2D eigenvalue weighted by molar-refractivity contribution is -0.114. The van der Waals surface area contributed by atoms with Gasteiger partial charge in [-0.1, -0.05) is 44.2 Å². The number of carbonyl (C=O) groups excluding carboxylic acids is 1. The highest BCUT2D eigenvalue weighted by atomic mass is 32.1. The summed E-state index contributed by atoms with van der Waals surface area (Å²) >= 11 is 5.54. The molecule has 2 N–H and O–H groups in total. The van der Waals surface area contributed by atoms with Gasteiger partial charge in [0.15, 0.2) is 5.11 Å². The van der Waals surface area contributed by atoms with Crippen LogP contribution < -0.4 is 20.3 Å². The summed E-state index contributed by atoms with van der Waals surface area (Å²) in [7, 11) is 1.81. The number of anilines is 2. The van der Waals surface area contributed by atoms with Gasteiger partial charge in [-0.2, -0.15) is 0 Å². The maximum Gasteiger partial charge on any atom is 0.221 e. The van der Waals surface area contributed by atoms with E-state index in [1.807, 2.05) is 48.3 Å². The average molecular weight is 400 g/mol. The Kier molecular flexibility index (Phi) is 8.26. The lowest BCUT2D eigenvalue weighted by atomic mass is 10.1. The summed E-state index contributed by atoms with van der Waals surface area (Å²) < 4.78 is 6.19. The van der Waals surface area contributed by atoms with E-state index in [4.69, 9.17) is 17.0 Å². The fraction of sp³-hybridized carbons (Fsp3) is 0.364.